The van der Waals surface area contributed by atoms with E-state index in [1.54, 1.807) is 0 Å². The van der Waals surface area contributed by atoms with Gasteiger partial charge in [-0.05, 0) is 49.5 Å². The number of halogens is 1. The molecule has 2 rings (SSSR count). The molecule has 1 unspecified atom stereocenters. The number of nitrogens with one attached hydrogen (secondary N) is 1. The van der Waals surface area contributed by atoms with E-state index in [0.29, 0.717) is 0 Å². The van der Waals surface area contributed by atoms with Gasteiger partial charge in [0, 0.05) is 12.7 Å². The highest BCUT2D eigenvalue weighted by Gasteiger charge is 2.16. The predicted octanol–water partition coefficient (Wildman–Crippen LogP) is 3.52. The Kier molecular flexibility index (Phi) is 4.17. The van der Waals surface area contributed by atoms with Crippen LogP contribution in [0.25, 0.3) is 0 Å². The first kappa shape index (κ1) is 13.6. The third-order valence-electron chi connectivity index (χ3n) is 3.22. The van der Waals surface area contributed by atoms with E-state index in [1.807, 2.05) is 33.3 Å². The lowest BCUT2D eigenvalue weighted by atomic mass is 9.97. The van der Waals surface area contributed by atoms with Crippen molar-refractivity contribution in [3.05, 3.63) is 65.5 Å². The van der Waals surface area contributed by atoms with Crippen LogP contribution in [0, 0.1) is 5.82 Å². The minimum absolute atomic E-state index is 0.131. The molecule has 0 radical (unpaired) electrons. The molecule has 0 saturated heterocycles. The van der Waals surface area contributed by atoms with Gasteiger partial charge in [-0.15, -0.1) is 0 Å². The molecule has 0 fully saturated rings. The molecule has 2 aromatic carbocycles. The van der Waals surface area contributed by atoms with E-state index in [4.69, 9.17) is 0 Å². The highest BCUT2D eigenvalue weighted by molar-refractivity contribution is 5.45. The van der Waals surface area contributed by atoms with Gasteiger partial charge < -0.3 is 5.32 Å². The van der Waals surface area contributed by atoms with E-state index in [9.17, 15) is 4.39 Å². The molecular formula is C16H19FN2. The van der Waals surface area contributed by atoms with E-state index in [-0.39, 0.29) is 11.9 Å². The zero-order chi connectivity index (χ0) is 13.8. The highest BCUT2D eigenvalue weighted by Crippen LogP contribution is 2.27. The smallest absolute Gasteiger partial charge is 0.123 e. The van der Waals surface area contributed by atoms with Gasteiger partial charge in [-0.25, -0.2) is 4.39 Å². The second-order valence-corrected chi connectivity index (χ2v) is 4.79. The molecule has 0 saturated carbocycles. The second-order valence-electron chi connectivity index (χ2n) is 4.79. The lowest BCUT2D eigenvalue weighted by Crippen LogP contribution is -2.21. The molecule has 19 heavy (non-hydrogen) atoms. The van der Waals surface area contributed by atoms with E-state index in [0.717, 1.165) is 11.3 Å². The summed E-state index contributed by atoms with van der Waals surface area (Å²) >= 11 is 0. The lowest BCUT2D eigenvalue weighted by Gasteiger charge is -2.25. The maximum Gasteiger partial charge on any atom is 0.123 e. The van der Waals surface area contributed by atoms with Crippen molar-refractivity contribution in [2.24, 2.45) is 0 Å². The average Bonchev–Trinajstić information content (AvgIpc) is 2.42. The van der Waals surface area contributed by atoms with Crippen LogP contribution in [0.3, 0.4) is 0 Å². The fourth-order valence-electron chi connectivity index (χ4n) is 2.27. The first-order valence-electron chi connectivity index (χ1n) is 6.31. The first-order chi connectivity index (χ1) is 9.11. The Bertz CT molecular complexity index is 517. The van der Waals surface area contributed by atoms with Gasteiger partial charge in [-0.2, -0.15) is 0 Å². The maximum atomic E-state index is 13.0. The predicted molar refractivity (Wildman–Crippen MR) is 77.9 cm³/mol. The number of benzene rings is 2. The fraction of sp³-hybridized carbons (Fsp3) is 0.250. The summed E-state index contributed by atoms with van der Waals surface area (Å²) in [6.07, 6.45) is 0. The molecule has 0 aliphatic rings. The number of rotatable bonds is 4. The number of anilines is 1. The lowest BCUT2D eigenvalue weighted by molar-refractivity contribution is 0.342. The molecule has 0 bridgehead atoms. The molecule has 0 spiro atoms. The number of nitrogens with zero attached hydrogens (tertiary/aromatic N) is 1. The minimum Gasteiger partial charge on any atom is -0.388 e. The molecule has 0 aliphatic heterocycles. The van der Waals surface area contributed by atoms with Crippen molar-refractivity contribution in [3.63, 3.8) is 0 Å². The topological polar surface area (TPSA) is 15.3 Å². The second kappa shape index (κ2) is 5.85. The largest absolute Gasteiger partial charge is 0.388 e. The van der Waals surface area contributed by atoms with Crippen molar-refractivity contribution in [2.75, 3.05) is 26.5 Å². The van der Waals surface area contributed by atoms with Gasteiger partial charge in [-0.3, -0.25) is 4.90 Å². The van der Waals surface area contributed by atoms with Crippen LogP contribution >= 0.6 is 0 Å². The molecule has 2 nitrogen and oxygen atoms in total. The summed E-state index contributed by atoms with van der Waals surface area (Å²) in [7, 11) is 5.96. The Morgan fingerprint density at radius 3 is 1.79 bits per heavy atom. The Morgan fingerprint density at radius 2 is 1.37 bits per heavy atom. The van der Waals surface area contributed by atoms with Crippen molar-refractivity contribution in [1.82, 2.24) is 4.90 Å². The normalized spacial score (nSPS) is 12.5. The molecule has 1 atom stereocenters. The first-order valence-corrected chi connectivity index (χ1v) is 6.31. The Morgan fingerprint density at radius 1 is 0.895 bits per heavy atom. The third kappa shape index (κ3) is 3.12. The molecule has 100 valence electrons. The summed E-state index contributed by atoms with van der Waals surface area (Å²) in [6, 6.07) is 15.1. The van der Waals surface area contributed by atoms with Gasteiger partial charge >= 0.3 is 0 Å². The number of hydrogen-bond acceptors (Lipinski definition) is 2. The molecule has 3 heteroatoms. The molecule has 0 aliphatic carbocycles. The summed E-state index contributed by atoms with van der Waals surface area (Å²) in [4.78, 5) is 2.13. The van der Waals surface area contributed by atoms with Crippen molar-refractivity contribution in [2.45, 2.75) is 6.04 Å². The molecule has 2 aromatic rings. The third-order valence-corrected chi connectivity index (χ3v) is 3.22. The fourth-order valence-corrected chi connectivity index (χ4v) is 2.27. The minimum atomic E-state index is -0.202. The van der Waals surface area contributed by atoms with Crippen molar-refractivity contribution in [1.29, 1.82) is 0 Å². The molecule has 0 heterocycles. The van der Waals surface area contributed by atoms with Gasteiger partial charge in [0.1, 0.15) is 5.82 Å². The Labute approximate surface area is 113 Å². The van der Waals surface area contributed by atoms with Crippen LogP contribution in [-0.4, -0.2) is 26.0 Å². The zero-order valence-electron chi connectivity index (χ0n) is 11.5. The quantitative estimate of drug-likeness (QED) is 0.902. The summed E-state index contributed by atoms with van der Waals surface area (Å²) in [5.74, 6) is -0.202. The highest BCUT2D eigenvalue weighted by atomic mass is 19.1. The standard InChI is InChI=1S/C16H19FN2/c1-18-15-10-6-13(7-11-15)16(19(2)3)12-4-8-14(17)9-5-12/h4-11,16,18H,1-3H3. The van der Waals surface area contributed by atoms with Gasteiger partial charge in [0.05, 0.1) is 6.04 Å². The molecule has 1 N–H and O–H groups in total. The molecule has 0 amide bonds. The van der Waals surface area contributed by atoms with Crippen LogP contribution in [0.2, 0.25) is 0 Å². The molecule has 0 aromatic heterocycles. The zero-order valence-corrected chi connectivity index (χ0v) is 11.5. The van der Waals surface area contributed by atoms with E-state index in [2.05, 4.69) is 34.5 Å². The van der Waals surface area contributed by atoms with Gasteiger partial charge in [0.2, 0.25) is 0 Å². The van der Waals surface area contributed by atoms with Gasteiger partial charge in [0.25, 0.3) is 0 Å². The van der Waals surface area contributed by atoms with Gasteiger partial charge in [-0.1, -0.05) is 24.3 Å². The van der Waals surface area contributed by atoms with Crippen molar-refractivity contribution < 1.29 is 4.39 Å². The van der Waals surface area contributed by atoms with E-state index >= 15 is 0 Å². The maximum absolute atomic E-state index is 13.0. The van der Waals surface area contributed by atoms with Crippen LogP contribution in [0.5, 0.6) is 0 Å². The van der Waals surface area contributed by atoms with E-state index < -0.39 is 0 Å². The van der Waals surface area contributed by atoms with Crippen LogP contribution in [0.15, 0.2) is 48.5 Å². The average molecular weight is 258 g/mol. The van der Waals surface area contributed by atoms with Crippen LogP contribution in [0.1, 0.15) is 17.2 Å². The van der Waals surface area contributed by atoms with Crippen LogP contribution in [-0.2, 0) is 0 Å². The van der Waals surface area contributed by atoms with Crippen LogP contribution in [0.4, 0.5) is 10.1 Å². The summed E-state index contributed by atoms with van der Waals surface area (Å²) < 4.78 is 13.0. The summed E-state index contributed by atoms with van der Waals surface area (Å²) in [5.41, 5.74) is 3.36. The van der Waals surface area contributed by atoms with Gasteiger partial charge in [0.15, 0.2) is 0 Å². The number of hydrogen-bond donors (Lipinski definition) is 1. The molecular weight excluding hydrogens is 239 g/mol. The van der Waals surface area contributed by atoms with Crippen molar-refractivity contribution >= 4 is 5.69 Å². The Hall–Kier alpha value is -1.87. The summed E-state index contributed by atoms with van der Waals surface area (Å²) in [6.45, 7) is 0. The summed E-state index contributed by atoms with van der Waals surface area (Å²) in [5, 5.41) is 3.11. The van der Waals surface area contributed by atoms with Crippen molar-refractivity contribution in [3.8, 4) is 0 Å². The van der Waals surface area contributed by atoms with E-state index in [1.165, 1.54) is 17.7 Å². The monoisotopic (exact) mass is 258 g/mol. The Balaban J connectivity index is 2.36. The van der Waals surface area contributed by atoms with Crippen LogP contribution < -0.4 is 5.32 Å². The SMILES string of the molecule is CNc1ccc(C(c2ccc(F)cc2)N(C)C)cc1.